The average Bonchev–Trinajstić information content (AvgIpc) is 2.34. The van der Waals surface area contributed by atoms with Gasteiger partial charge in [-0.2, -0.15) is 0 Å². The second-order valence-corrected chi connectivity index (χ2v) is 5.09. The van der Waals surface area contributed by atoms with Gasteiger partial charge in [0.15, 0.2) is 0 Å². The highest BCUT2D eigenvalue weighted by Gasteiger charge is 2.24. The highest BCUT2D eigenvalue weighted by Crippen LogP contribution is 2.24. The molecule has 19 heavy (non-hydrogen) atoms. The molecular formula is C14H19NO4. The van der Waals surface area contributed by atoms with Gasteiger partial charge in [0.1, 0.15) is 0 Å². The third-order valence-corrected chi connectivity index (χ3v) is 2.37. The van der Waals surface area contributed by atoms with Crippen LogP contribution < -0.4 is 5.32 Å². The molecule has 0 atom stereocenters. The predicted octanol–water partition coefficient (Wildman–Crippen LogP) is 2.47. The van der Waals surface area contributed by atoms with Crippen molar-refractivity contribution >= 4 is 17.6 Å². The lowest BCUT2D eigenvalue weighted by atomic mass is 10.0. The standard InChI is InChI=1S/C14H19NO4/c1-14(2,3)15-10-8-6-7-9(12(16)18-4)11(10)13(17)19-5/h6-8,15H,1-5H3. The summed E-state index contributed by atoms with van der Waals surface area (Å²) >= 11 is 0. The number of anilines is 1. The Hall–Kier alpha value is -2.04. The first-order chi connectivity index (χ1) is 8.80. The maximum Gasteiger partial charge on any atom is 0.340 e. The summed E-state index contributed by atoms with van der Waals surface area (Å²) in [5.41, 5.74) is 0.662. The van der Waals surface area contributed by atoms with Crippen molar-refractivity contribution in [2.24, 2.45) is 0 Å². The first-order valence-electron chi connectivity index (χ1n) is 5.88. The van der Waals surface area contributed by atoms with Crippen molar-refractivity contribution in [3.63, 3.8) is 0 Å². The molecule has 0 fully saturated rings. The smallest absolute Gasteiger partial charge is 0.340 e. The van der Waals surface area contributed by atoms with Gasteiger partial charge in [-0.15, -0.1) is 0 Å². The number of esters is 2. The predicted molar refractivity (Wildman–Crippen MR) is 72.5 cm³/mol. The number of rotatable bonds is 3. The van der Waals surface area contributed by atoms with Crippen molar-refractivity contribution < 1.29 is 19.1 Å². The molecular weight excluding hydrogens is 246 g/mol. The molecule has 5 nitrogen and oxygen atoms in total. The third-order valence-electron chi connectivity index (χ3n) is 2.37. The van der Waals surface area contributed by atoms with Crippen LogP contribution in [0.2, 0.25) is 0 Å². The van der Waals surface area contributed by atoms with Gasteiger partial charge in [-0.25, -0.2) is 9.59 Å². The van der Waals surface area contributed by atoms with Crippen molar-refractivity contribution in [1.29, 1.82) is 0 Å². The van der Waals surface area contributed by atoms with E-state index in [1.54, 1.807) is 12.1 Å². The zero-order chi connectivity index (χ0) is 14.6. The fraction of sp³-hybridized carbons (Fsp3) is 0.429. The molecule has 0 aliphatic rings. The van der Waals surface area contributed by atoms with Crippen molar-refractivity contribution in [2.75, 3.05) is 19.5 Å². The maximum atomic E-state index is 11.9. The van der Waals surface area contributed by atoms with Crippen LogP contribution in [0.4, 0.5) is 5.69 Å². The van der Waals surface area contributed by atoms with E-state index in [0.717, 1.165) is 0 Å². The monoisotopic (exact) mass is 265 g/mol. The van der Waals surface area contributed by atoms with Gasteiger partial charge in [-0.05, 0) is 32.9 Å². The van der Waals surface area contributed by atoms with E-state index in [4.69, 9.17) is 4.74 Å². The largest absolute Gasteiger partial charge is 0.465 e. The summed E-state index contributed by atoms with van der Waals surface area (Å²) in [6, 6.07) is 4.95. The van der Waals surface area contributed by atoms with Gasteiger partial charge >= 0.3 is 11.9 Å². The highest BCUT2D eigenvalue weighted by atomic mass is 16.5. The molecule has 0 heterocycles. The van der Waals surface area contributed by atoms with Gasteiger partial charge in [0, 0.05) is 11.2 Å². The Morgan fingerprint density at radius 1 is 1.05 bits per heavy atom. The SMILES string of the molecule is COC(=O)c1cccc(NC(C)(C)C)c1C(=O)OC. The Kier molecular flexibility index (Phi) is 4.53. The molecule has 0 spiro atoms. The summed E-state index contributed by atoms with van der Waals surface area (Å²) in [4.78, 5) is 23.6. The van der Waals surface area contributed by atoms with Gasteiger partial charge in [0.05, 0.1) is 25.3 Å². The molecule has 1 rings (SSSR count). The van der Waals surface area contributed by atoms with Crippen LogP contribution in [0.1, 0.15) is 41.5 Å². The van der Waals surface area contributed by atoms with Crippen LogP contribution >= 0.6 is 0 Å². The van der Waals surface area contributed by atoms with E-state index in [-0.39, 0.29) is 16.7 Å². The number of hydrogen-bond donors (Lipinski definition) is 1. The molecule has 0 aromatic heterocycles. The number of hydrogen-bond acceptors (Lipinski definition) is 5. The van der Waals surface area contributed by atoms with Gasteiger partial charge in [-0.3, -0.25) is 0 Å². The Labute approximate surface area is 112 Å². The molecule has 0 radical (unpaired) electrons. The summed E-state index contributed by atoms with van der Waals surface area (Å²) in [6.45, 7) is 5.87. The lowest BCUT2D eigenvalue weighted by Gasteiger charge is -2.24. The Morgan fingerprint density at radius 3 is 2.11 bits per heavy atom. The molecule has 0 saturated heterocycles. The van der Waals surface area contributed by atoms with E-state index in [2.05, 4.69) is 10.1 Å². The minimum atomic E-state index is -0.576. The number of ether oxygens (including phenoxy) is 2. The van der Waals surface area contributed by atoms with Crippen LogP contribution in [0.3, 0.4) is 0 Å². The Balaban J connectivity index is 3.38. The highest BCUT2D eigenvalue weighted by molar-refractivity contribution is 6.07. The molecule has 1 N–H and O–H groups in total. The third kappa shape index (κ3) is 3.71. The maximum absolute atomic E-state index is 11.9. The Morgan fingerprint density at radius 2 is 1.63 bits per heavy atom. The molecule has 0 aliphatic heterocycles. The van der Waals surface area contributed by atoms with Crippen molar-refractivity contribution in [3.05, 3.63) is 29.3 Å². The molecule has 1 aromatic rings. The minimum absolute atomic E-state index is 0.184. The van der Waals surface area contributed by atoms with E-state index >= 15 is 0 Å². The molecule has 0 amide bonds. The minimum Gasteiger partial charge on any atom is -0.465 e. The first kappa shape index (κ1) is 15.0. The number of carbonyl (C=O) groups is 2. The van der Waals surface area contributed by atoms with Crippen molar-refractivity contribution in [3.8, 4) is 0 Å². The Bertz CT molecular complexity index is 489. The van der Waals surface area contributed by atoms with Crippen LogP contribution in [0.25, 0.3) is 0 Å². The van der Waals surface area contributed by atoms with Gasteiger partial charge in [0.25, 0.3) is 0 Å². The van der Waals surface area contributed by atoms with E-state index < -0.39 is 11.9 Å². The normalized spacial score (nSPS) is 10.8. The number of benzene rings is 1. The molecule has 0 bridgehead atoms. The average molecular weight is 265 g/mol. The number of carbonyl (C=O) groups excluding carboxylic acids is 2. The van der Waals surface area contributed by atoms with Crippen LogP contribution in [0.5, 0.6) is 0 Å². The van der Waals surface area contributed by atoms with Crippen molar-refractivity contribution in [1.82, 2.24) is 0 Å². The quantitative estimate of drug-likeness (QED) is 0.850. The fourth-order valence-electron chi connectivity index (χ4n) is 1.66. The lowest BCUT2D eigenvalue weighted by Crippen LogP contribution is -2.28. The number of nitrogens with one attached hydrogen (secondary N) is 1. The van der Waals surface area contributed by atoms with Gasteiger partial charge < -0.3 is 14.8 Å². The second-order valence-electron chi connectivity index (χ2n) is 5.09. The molecule has 1 aromatic carbocycles. The van der Waals surface area contributed by atoms with E-state index in [1.807, 2.05) is 20.8 Å². The van der Waals surface area contributed by atoms with Crippen LogP contribution in [-0.4, -0.2) is 31.7 Å². The van der Waals surface area contributed by atoms with Gasteiger partial charge in [-0.1, -0.05) is 6.07 Å². The van der Waals surface area contributed by atoms with E-state index in [0.29, 0.717) is 5.69 Å². The van der Waals surface area contributed by atoms with Crippen LogP contribution in [-0.2, 0) is 9.47 Å². The summed E-state index contributed by atoms with van der Waals surface area (Å²) in [5.74, 6) is -1.15. The van der Waals surface area contributed by atoms with E-state index in [9.17, 15) is 9.59 Å². The summed E-state index contributed by atoms with van der Waals surface area (Å²) in [6.07, 6.45) is 0. The second kappa shape index (κ2) is 5.73. The lowest BCUT2D eigenvalue weighted by molar-refractivity contribution is 0.0556. The molecule has 5 heteroatoms. The summed E-state index contributed by atoms with van der Waals surface area (Å²) < 4.78 is 9.42. The fourth-order valence-corrected chi connectivity index (χ4v) is 1.66. The van der Waals surface area contributed by atoms with Crippen LogP contribution in [0.15, 0.2) is 18.2 Å². The molecule has 0 aliphatic carbocycles. The van der Waals surface area contributed by atoms with Gasteiger partial charge in [0.2, 0.25) is 0 Å². The zero-order valence-electron chi connectivity index (χ0n) is 11.9. The molecule has 0 saturated carbocycles. The number of methoxy groups -OCH3 is 2. The summed E-state index contributed by atoms with van der Waals surface area (Å²) in [5, 5.41) is 3.18. The molecule has 0 unspecified atom stereocenters. The topological polar surface area (TPSA) is 64.6 Å². The van der Waals surface area contributed by atoms with Crippen molar-refractivity contribution in [2.45, 2.75) is 26.3 Å². The zero-order valence-corrected chi connectivity index (χ0v) is 11.9. The van der Waals surface area contributed by atoms with Crippen LogP contribution in [0, 0.1) is 0 Å². The van der Waals surface area contributed by atoms with E-state index in [1.165, 1.54) is 20.3 Å². The molecule has 104 valence electrons. The first-order valence-corrected chi connectivity index (χ1v) is 5.88. The summed E-state index contributed by atoms with van der Waals surface area (Å²) in [7, 11) is 2.55.